The van der Waals surface area contributed by atoms with Gasteiger partial charge in [-0.2, -0.15) is 0 Å². The third-order valence-electron chi connectivity index (χ3n) is 2.06. The Labute approximate surface area is 82.9 Å². The highest BCUT2D eigenvalue weighted by atomic mass is 15.1. The summed E-state index contributed by atoms with van der Waals surface area (Å²) in [7, 11) is 4.24. The fraction of sp³-hybridized carbons (Fsp3) is 1.00. The van der Waals surface area contributed by atoms with Crippen molar-refractivity contribution in [2.45, 2.75) is 19.8 Å². The van der Waals surface area contributed by atoms with E-state index in [9.17, 15) is 0 Å². The van der Waals surface area contributed by atoms with Crippen LogP contribution < -0.4 is 5.73 Å². The molecule has 3 nitrogen and oxygen atoms in total. The van der Waals surface area contributed by atoms with Gasteiger partial charge in [0.25, 0.3) is 0 Å². The highest BCUT2D eigenvalue weighted by Gasteiger charge is 2.01. The topological polar surface area (TPSA) is 32.5 Å². The van der Waals surface area contributed by atoms with Crippen molar-refractivity contribution in [3.05, 3.63) is 0 Å². The van der Waals surface area contributed by atoms with Crippen LogP contribution in [-0.4, -0.2) is 56.6 Å². The normalized spacial score (nSPS) is 11.5. The summed E-state index contributed by atoms with van der Waals surface area (Å²) < 4.78 is 0. The first kappa shape index (κ1) is 12.9. The van der Waals surface area contributed by atoms with E-state index in [1.165, 1.54) is 32.5 Å². The van der Waals surface area contributed by atoms with E-state index < -0.39 is 0 Å². The third-order valence-corrected chi connectivity index (χ3v) is 2.06. The number of hydrogen-bond acceptors (Lipinski definition) is 3. The van der Waals surface area contributed by atoms with Gasteiger partial charge in [0.2, 0.25) is 0 Å². The zero-order valence-electron chi connectivity index (χ0n) is 9.42. The van der Waals surface area contributed by atoms with Gasteiger partial charge in [0.15, 0.2) is 0 Å². The average Bonchev–Trinajstić information content (AvgIpc) is 2.04. The highest BCUT2D eigenvalue weighted by Crippen LogP contribution is 1.93. The molecule has 0 atom stereocenters. The Bertz CT molecular complexity index is 98.3. The van der Waals surface area contributed by atoms with Crippen molar-refractivity contribution in [3.63, 3.8) is 0 Å². The largest absolute Gasteiger partial charge is 0.329 e. The smallest absolute Gasteiger partial charge is 0.0105 e. The standard InChI is InChI=1S/C10H25N3/c1-4-7-13(10-6-11)9-5-8-12(2)3/h4-11H2,1-3H3. The Balaban J connectivity index is 3.44. The molecular formula is C10H25N3. The minimum absolute atomic E-state index is 0.780. The van der Waals surface area contributed by atoms with Crippen molar-refractivity contribution in [2.75, 3.05) is 46.8 Å². The van der Waals surface area contributed by atoms with Gasteiger partial charge in [0.1, 0.15) is 0 Å². The predicted octanol–water partition coefficient (Wildman–Crippen LogP) is 0.609. The summed E-state index contributed by atoms with van der Waals surface area (Å²) in [5, 5.41) is 0. The molecule has 0 aliphatic rings. The first-order valence-electron chi connectivity index (χ1n) is 5.27. The van der Waals surface area contributed by atoms with Crippen molar-refractivity contribution in [1.82, 2.24) is 9.80 Å². The molecule has 0 radical (unpaired) electrons. The SMILES string of the molecule is CCCN(CCN)CCCN(C)C. The molecule has 0 fully saturated rings. The maximum absolute atomic E-state index is 5.54. The molecule has 0 aromatic carbocycles. The van der Waals surface area contributed by atoms with E-state index >= 15 is 0 Å². The van der Waals surface area contributed by atoms with E-state index in [-0.39, 0.29) is 0 Å². The van der Waals surface area contributed by atoms with E-state index in [2.05, 4.69) is 30.8 Å². The molecule has 0 unspecified atom stereocenters. The molecule has 0 heterocycles. The fourth-order valence-electron chi connectivity index (χ4n) is 1.44. The summed E-state index contributed by atoms with van der Waals surface area (Å²) in [4.78, 5) is 4.68. The highest BCUT2D eigenvalue weighted by molar-refractivity contribution is 4.58. The molecule has 13 heavy (non-hydrogen) atoms. The zero-order chi connectivity index (χ0) is 10.1. The van der Waals surface area contributed by atoms with Gasteiger partial charge in [-0.3, -0.25) is 0 Å². The van der Waals surface area contributed by atoms with Crippen LogP contribution in [0.1, 0.15) is 19.8 Å². The molecular weight excluding hydrogens is 162 g/mol. The van der Waals surface area contributed by atoms with Crippen LogP contribution in [-0.2, 0) is 0 Å². The van der Waals surface area contributed by atoms with Gasteiger partial charge in [-0.1, -0.05) is 6.92 Å². The van der Waals surface area contributed by atoms with Crippen LogP contribution in [0.3, 0.4) is 0 Å². The van der Waals surface area contributed by atoms with Crippen LogP contribution in [0, 0.1) is 0 Å². The molecule has 0 aliphatic carbocycles. The van der Waals surface area contributed by atoms with Crippen molar-refractivity contribution in [2.24, 2.45) is 5.73 Å². The lowest BCUT2D eigenvalue weighted by molar-refractivity contribution is 0.261. The van der Waals surface area contributed by atoms with Crippen molar-refractivity contribution < 1.29 is 0 Å². The van der Waals surface area contributed by atoms with Crippen molar-refractivity contribution in [1.29, 1.82) is 0 Å². The lowest BCUT2D eigenvalue weighted by Crippen LogP contribution is -2.32. The molecule has 3 heteroatoms. The summed E-state index contributed by atoms with van der Waals surface area (Å²) in [5.74, 6) is 0. The Hall–Kier alpha value is -0.120. The first-order valence-corrected chi connectivity index (χ1v) is 5.27. The van der Waals surface area contributed by atoms with Crippen LogP contribution in [0.2, 0.25) is 0 Å². The zero-order valence-corrected chi connectivity index (χ0v) is 9.42. The van der Waals surface area contributed by atoms with Crippen LogP contribution >= 0.6 is 0 Å². The number of nitrogens with two attached hydrogens (primary N) is 1. The second-order valence-electron chi connectivity index (χ2n) is 3.79. The molecule has 0 saturated carbocycles. The number of rotatable bonds is 8. The molecule has 0 amide bonds. The molecule has 0 spiro atoms. The van der Waals surface area contributed by atoms with E-state index in [1.54, 1.807) is 0 Å². The van der Waals surface area contributed by atoms with Gasteiger partial charge in [-0.05, 0) is 46.6 Å². The monoisotopic (exact) mass is 187 g/mol. The van der Waals surface area contributed by atoms with Gasteiger partial charge in [-0.25, -0.2) is 0 Å². The van der Waals surface area contributed by atoms with Gasteiger partial charge in [-0.15, -0.1) is 0 Å². The summed E-state index contributed by atoms with van der Waals surface area (Å²) in [6.45, 7) is 7.58. The molecule has 0 bridgehead atoms. The molecule has 80 valence electrons. The second-order valence-corrected chi connectivity index (χ2v) is 3.79. The minimum Gasteiger partial charge on any atom is -0.329 e. The van der Waals surface area contributed by atoms with Gasteiger partial charge >= 0.3 is 0 Å². The predicted molar refractivity (Wildman–Crippen MR) is 59.0 cm³/mol. The Kier molecular flexibility index (Phi) is 8.40. The van der Waals surface area contributed by atoms with Gasteiger partial charge < -0.3 is 15.5 Å². The first-order chi connectivity index (χ1) is 6.20. The van der Waals surface area contributed by atoms with Crippen molar-refractivity contribution in [3.8, 4) is 0 Å². The summed E-state index contributed by atoms with van der Waals surface area (Å²) in [6, 6.07) is 0. The number of hydrogen-bond donors (Lipinski definition) is 1. The van der Waals surface area contributed by atoms with E-state index in [4.69, 9.17) is 5.73 Å². The fourth-order valence-corrected chi connectivity index (χ4v) is 1.44. The lowest BCUT2D eigenvalue weighted by Gasteiger charge is -2.21. The van der Waals surface area contributed by atoms with Crippen molar-refractivity contribution >= 4 is 0 Å². The Morgan fingerprint density at radius 1 is 1.00 bits per heavy atom. The quantitative estimate of drug-likeness (QED) is 0.604. The summed E-state index contributed by atoms with van der Waals surface area (Å²) in [5.41, 5.74) is 5.54. The van der Waals surface area contributed by atoms with Crippen LogP contribution in [0.5, 0.6) is 0 Å². The Morgan fingerprint density at radius 2 is 1.69 bits per heavy atom. The summed E-state index contributed by atoms with van der Waals surface area (Å²) in [6.07, 6.45) is 2.47. The third kappa shape index (κ3) is 8.22. The summed E-state index contributed by atoms with van der Waals surface area (Å²) >= 11 is 0. The maximum atomic E-state index is 5.54. The molecule has 0 aromatic heterocycles. The van der Waals surface area contributed by atoms with E-state index in [0.29, 0.717) is 0 Å². The van der Waals surface area contributed by atoms with Crippen LogP contribution in [0.25, 0.3) is 0 Å². The molecule has 0 saturated heterocycles. The molecule has 2 N–H and O–H groups in total. The second kappa shape index (κ2) is 8.48. The number of nitrogens with zero attached hydrogens (tertiary/aromatic N) is 2. The van der Waals surface area contributed by atoms with Crippen LogP contribution in [0.4, 0.5) is 0 Å². The van der Waals surface area contributed by atoms with E-state index in [1.807, 2.05) is 0 Å². The lowest BCUT2D eigenvalue weighted by atomic mass is 10.3. The van der Waals surface area contributed by atoms with Crippen LogP contribution in [0.15, 0.2) is 0 Å². The minimum atomic E-state index is 0.780. The Morgan fingerprint density at radius 3 is 2.15 bits per heavy atom. The molecule has 0 aromatic rings. The average molecular weight is 187 g/mol. The van der Waals surface area contributed by atoms with Gasteiger partial charge in [0.05, 0.1) is 0 Å². The maximum Gasteiger partial charge on any atom is 0.0105 e. The molecule has 0 aliphatic heterocycles. The van der Waals surface area contributed by atoms with Gasteiger partial charge in [0, 0.05) is 13.1 Å². The van der Waals surface area contributed by atoms with E-state index in [0.717, 1.165) is 13.1 Å². The molecule has 0 rings (SSSR count).